The smallest absolute Gasteiger partial charge is 0.300 e. The lowest BCUT2D eigenvalue weighted by Crippen LogP contribution is -2.16. The molecule has 2 aromatic rings. The Kier molecular flexibility index (Phi) is 3.28. The molecule has 2 heterocycles. The normalized spacial score (nSPS) is 9.89. The van der Waals surface area contributed by atoms with E-state index in [1.165, 1.54) is 12.4 Å². The molecule has 0 radical (unpaired) electrons. The standard InChI is InChI=1S/C10H8N6O3/c11-8-4-6(7(5-14-8)16(18)19)9(17)15-10-12-2-1-3-13-10/h1-5H,(H2,11,14)(H,12,13,15,17). The maximum Gasteiger partial charge on any atom is 0.300 e. The first-order valence-corrected chi connectivity index (χ1v) is 5.06. The Bertz CT molecular complexity index is 630. The zero-order valence-electron chi connectivity index (χ0n) is 9.48. The van der Waals surface area contributed by atoms with Gasteiger partial charge < -0.3 is 5.73 Å². The fourth-order valence-electron chi connectivity index (χ4n) is 1.32. The monoisotopic (exact) mass is 260 g/mol. The number of carbonyl (C=O) groups is 1. The number of nitrogen functional groups attached to an aromatic ring is 1. The number of hydrogen-bond acceptors (Lipinski definition) is 7. The molecular formula is C10H8N6O3. The lowest BCUT2D eigenvalue weighted by Gasteiger charge is -2.04. The third kappa shape index (κ3) is 2.77. The molecule has 0 atom stereocenters. The largest absolute Gasteiger partial charge is 0.384 e. The second-order valence-electron chi connectivity index (χ2n) is 3.41. The number of hydrogen-bond donors (Lipinski definition) is 2. The van der Waals surface area contributed by atoms with E-state index < -0.39 is 16.5 Å². The van der Waals surface area contributed by atoms with Crippen molar-refractivity contribution in [3.05, 3.63) is 46.4 Å². The van der Waals surface area contributed by atoms with Crippen LogP contribution < -0.4 is 11.1 Å². The molecule has 96 valence electrons. The summed E-state index contributed by atoms with van der Waals surface area (Å²) >= 11 is 0. The molecule has 0 aliphatic rings. The van der Waals surface area contributed by atoms with E-state index in [1.54, 1.807) is 6.07 Å². The molecule has 1 amide bonds. The van der Waals surface area contributed by atoms with Crippen molar-refractivity contribution in [2.75, 3.05) is 11.1 Å². The average Bonchev–Trinajstić information content (AvgIpc) is 2.39. The molecule has 0 fully saturated rings. The highest BCUT2D eigenvalue weighted by molar-refractivity contribution is 6.06. The van der Waals surface area contributed by atoms with Gasteiger partial charge in [-0.25, -0.2) is 15.0 Å². The number of nitrogens with two attached hydrogens (primary N) is 1. The number of nitrogens with one attached hydrogen (secondary N) is 1. The van der Waals surface area contributed by atoms with E-state index >= 15 is 0 Å². The van der Waals surface area contributed by atoms with Crippen LogP contribution in [-0.2, 0) is 0 Å². The Morgan fingerprint density at radius 2 is 2.00 bits per heavy atom. The van der Waals surface area contributed by atoms with Crippen molar-refractivity contribution >= 4 is 23.4 Å². The molecule has 0 bridgehead atoms. The Morgan fingerprint density at radius 1 is 1.32 bits per heavy atom. The summed E-state index contributed by atoms with van der Waals surface area (Å²) in [5.74, 6) is -0.686. The van der Waals surface area contributed by atoms with Gasteiger partial charge in [0.1, 0.15) is 17.6 Å². The average molecular weight is 260 g/mol. The second-order valence-corrected chi connectivity index (χ2v) is 3.41. The molecule has 9 nitrogen and oxygen atoms in total. The van der Waals surface area contributed by atoms with Crippen LogP contribution >= 0.6 is 0 Å². The van der Waals surface area contributed by atoms with Gasteiger partial charge in [-0.3, -0.25) is 20.2 Å². The molecule has 0 saturated heterocycles. The van der Waals surface area contributed by atoms with Crippen molar-refractivity contribution in [1.82, 2.24) is 15.0 Å². The number of amides is 1. The molecule has 9 heteroatoms. The minimum absolute atomic E-state index is 0.00438. The molecule has 0 saturated carbocycles. The Morgan fingerprint density at radius 3 is 2.63 bits per heavy atom. The summed E-state index contributed by atoms with van der Waals surface area (Å²) in [4.78, 5) is 33.1. The fraction of sp³-hybridized carbons (Fsp3) is 0. The first kappa shape index (κ1) is 12.4. The summed E-state index contributed by atoms with van der Waals surface area (Å²) in [6.45, 7) is 0. The molecule has 3 N–H and O–H groups in total. The van der Waals surface area contributed by atoms with Crippen molar-refractivity contribution in [2.24, 2.45) is 0 Å². The number of pyridine rings is 1. The van der Waals surface area contributed by atoms with Crippen LogP contribution in [0, 0.1) is 10.1 Å². The third-order valence-electron chi connectivity index (χ3n) is 2.14. The maximum atomic E-state index is 11.9. The van der Waals surface area contributed by atoms with E-state index in [2.05, 4.69) is 20.3 Å². The van der Waals surface area contributed by atoms with Crippen molar-refractivity contribution in [3.63, 3.8) is 0 Å². The van der Waals surface area contributed by atoms with Gasteiger partial charge in [-0.15, -0.1) is 0 Å². The van der Waals surface area contributed by atoms with Crippen LogP contribution in [0.3, 0.4) is 0 Å². The van der Waals surface area contributed by atoms with Crippen LogP contribution in [0.2, 0.25) is 0 Å². The minimum Gasteiger partial charge on any atom is -0.384 e. The van der Waals surface area contributed by atoms with Crippen LogP contribution in [-0.4, -0.2) is 25.8 Å². The van der Waals surface area contributed by atoms with E-state index in [-0.39, 0.29) is 17.3 Å². The van der Waals surface area contributed by atoms with E-state index in [0.29, 0.717) is 0 Å². The van der Waals surface area contributed by atoms with Crippen molar-refractivity contribution < 1.29 is 9.72 Å². The highest BCUT2D eigenvalue weighted by Crippen LogP contribution is 2.19. The lowest BCUT2D eigenvalue weighted by molar-refractivity contribution is -0.385. The van der Waals surface area contributed by atoms with Crippen molar-refractivity contribution in [3.8, 4) is 0 Å². The van der Waals surface area contributed by atoms with Gasteiger partial charge in [0.25, 0.3) is 11.6 Å². The molecule has 0 aliphatic carbocycles. The van der Waals surface area contributed by atoms with Crippen molar-refractivity contribution in [2.45, 2.75) is 0 Å². The predicted molar refractivity (Wildman–Crippen MR) is 65.3 cm³/mol. The fourth-order valence-corrected chi connectivity index (χ4v) is 1.32. The Labute approximate surface area is 106 Å². The molecule has 2 rings (SSSR count). The Balaban J connectivity index is 2.33. The van der Waals surface area contributed by atoms with E-state index in [9.17, 15) is 14.9 Å². The summed E-state index contributed by atoms with van der Waals surface area (Å²) in [7, 11) is 0. The first-order chi connectivity index (χ1) is 9.08. The number of anilines is 2. The van der Waals surface area contributed by atoms with Gasteiger partial charge in [-0.2, -0.15) is 0 Å². The van der Waals surface area contributed by atoms with Gasteiger partial charge in [-0.1, -0.05) is 0 Å². The third-order valence-corrected chi connectivity index (χ3v) is 2.14. The number of carbonyl (C=O) groups excluding carboxylic acids is 1. The van der Waals surface area contributed by atoms with E-state index in [4.69, 9.17) is 5.73 Å². The minimum atomic E-state index is -0.730. The summed E-state index contributed by atoms with van der Waals surface area (Å²) in [6.07, 6.45) is 3.78. The van der Waals surface area contributed by atoms with Crippen LogP contribution in [0.25, 0.3) is 0 Å². The summed E-state index contributed by atoms with van der Waals surface area (Å²) in [6, 6.07) is 2.69. The Hall–Kier alpha value is -3.10. The molecule has 0 unspecified atom stereocenters. The lowest BCUT2D eigenvalue weighted by atomic mass is 10.2. The summed E-state index contributed by atoms with van der Waals surface area (Å²) in [5, 5.41) is 13.1. The second kappa shape index (κ2) is 5.04. The number of rotatable bonds is 3. The van der Waals surface area contributed by atoms with E-state index in [1.807, 2.05) is 0 Å². The predicted octanol–water partition coefficient (Wildman–Crippen LogP) is 0.614. The topological polar surface area (TPSA) is 137 Å². The maximum absolute atomic E-state index is 11.9. The molecule has 19 heavy (non-hydrogen) atoms. The van der Waals surface area contributed by atoms with Gasteiger partial charge in [0.05, 0.1) is 4.92 Å². The SMILES string of the molecule is Nc1cc(C(=O)Nc2ncccn2)c([N+](=O)[O-])cn1. The van der Waals surface area contributed by atoms with Crippen LogP contribution in [0.5, 0.6) is 0 Å². The molecular weight excluding hydrogens is 252 g/mol. The zero-order chi connectivity index (χ0) is 13.8. The number of aromatic nitrogens is 3. The summed E-state index contributed by atoms with van der Waals surface area (Å²) < 4.78 is 0. The van der Waals surface area contributed by atoms with Crippen LogP contribution in [0.15, 0.2) is 30.7 Å². The van der Waals surface area contributed by atoms with E-state index in [0.717, 1.165) is 12.3 Å². The molecule has 0 aliphatic heterocycles. The molecule has 0 aromatic carbocycles. The highest BCUT2D eigenvalue weighted by atomic mass is 16.6. The quantitative estimate of drug-likeness (QED) is 0.609. The van der Waals surface area contributed by atoms with Gasteiger partial charge in [0, 0.05) is 12.4 Å². The van der Waals surface area contributed by atoms with Crippen LogP contribution in [0.1, 0.15) is 10.4 Å². The highest BCUT2D eigenvalue weighted by Gasteiger charge is 2.21. The van der Waals surface area contributed by atoms with Crippen molar-refractivity contribution in [1.29, 1.82) is 0 Å². The van der Waals surface area contributed by atoms with Crippen LogP contribution in [0.4, 0.5) is 17.5 Å². The molecule has 2 aromatic heterocycles. The first-order valence-electron chi connectivity index (χ1n) is 5.06. The summed E-state index contributed by atoms with van der Waals surface area (Å²) in [5.41, 5.74) is 4.77. The van der Waals surface area contributed by atoms with Gasteiger partial charge in [0.2, 0.25) is 5.95 Å². The van der Waals surface area contributed by atoms with Gasteiger partial charge in [0.15, 0.2) is 0 Å². The zero-order valence-corrected chi connectivity index (χ0v) is 9.48. The molecule has 0 spiro atoms. The number of nitro groups is 1. The van der Waals surface area contributed by atoms with Gasteiger partial charge >= 0.3 is 0 Å². The van der Waals surface area contributed by atoms with Gasteiger partial charge in [-0.05, 0) is 12.1 Å². The number of nitrogens with zero attached hydrogens (tertiary/aromatic N) is 4.